The lowest BCUT2D eigenvalue weighted by atomic mass is 9.96. The number of benzene rings is 1. The number of Topliss-reactive ketones (excluding diaryl/α,β-unsaturated/α-hetero) is 1. The number of hydrogen-bond acceptors (Lipinski definition) is 3. The SMILES string of the molecule is CC(C)C(=O)COCCC(F)(F)COc1ccc(C(C)C)c(C(F)(F)F)c1. The van der Waals surface area contributed by atoms with Gasteiger partial charge in [-0.3, -0.25) is 4.79 Å². The molecule has 0 aliphatic heterocycles. The summed E-state index contributed by atoms with van der Waals surface area (Å²) in [5, 5.41) is 0. The molecular formula is C19H25F5O3. The molecule has 0 amide bonds. The monoisotopic (exact) mass is 396 g/mol. The third-order valence-electron chi connectivity index (χ3n) is 3.90. The predicted octanol–water partition coefficient (Wildman–Crippen LogP) is 5.47. The molecule has 0 aromatic heterocycles. The predicted molar refractivity (Wildman–Crippen MR) is 91.3 cm³/mol. The van der Waals surface area contributed by atoms with E-state index in [-0.39, 0.29) is 42.1 Å². The van der Waals surface area contributed by atoms with Crippen molar-refractivity contribution < 1.29 is 36.2 Å². The zero-order chi connectivity index (χ0) is 20.8. The van der Waals surface area contributed by atoms with Crippen molar-refractivity contribution in [2.24, 2.45) is 5.92 Å². The molecule has 0 bridgehead atoms. The second kappa shape index (κ2) is 9.48. The number of alkyl halides is 5. The highest BCUT2D eigenvalue weighted by Crippen LogP contribution is 2.37. The number of carbonyl (C=O) groups is 1. The van der Waals surface area contributed by atoms with Crippen LogP contribution in [0.15, 0.2) is 18.2 Å². The van der Waals surface area contributed by atoms with Crippen LogP contribution in [0.4, 0.5) is 22.0 Å². The fourth-order valence-corrected chi connectivity index (χ4v) is 2.20. The smallest absolute Gasteiger partial charge is 0.416 e. The molecule has 0 radical (unpaired) electrons. The van der Waals surface area contributed by atoms with Gasteiger partial charge in [-0.05, 0) is 23.6 Å². The lowest BCUT2D eigenvalue weighted by Gasteiger charge is -2.20. The van der Waals surface area contributed by atoms with Gasteiger partial charge >= 0.3 is 6.18 Å². The first-order chi connectivity index (χ1) is 12.3. The minimum atomic E-state index is -4.60. The van der Waals surface area contributed by atoms with Crippen LogP contribution in [-0.4, -0.2) is 31.5 Å². The summed E-state index contributed by atoms with van der Waals surface area (Å²) in [4.78, 5) is 11.3. The van der Waals surface area contributed by atoms with Crippen LogP contribution in [0, 0.1) is 5.92 Å². The van der Waals surface area contributed by atoms with E-state index in [1.807, 2.05) is 0 Å². The number of halogens is 5. The summed E-state index contributed by atoms with van der Waals surface area (Å²) in [5.41, 5.74) is -0.821. The Bertz CT molecular complexity index is 624. The minimum absolute atomic E-state index is 0.0739. The van der Waals surface area contributed by atoms with E-state index < -0.39 is 30.7 Å². The van der Waals surface area contributed by atoms with Crippen molar-refractivity contribution in [2.75, 3.05) is 19.8 Å². The first-order valence-corrected chi connectivity index (χ1v) is 8.65. The molecule has 27 heavy (non-hydrogen) atoms. The molecule has 1 rings (SSSR count). The quantitative estimate of drug-likeness (QED) is 0.388. The topological polar surface area (TPSA) is 35.5 Å². The van der Waals surface area contributed by atoms with E-state index in [0.29, 0.717) is 0 Å². The van der Waals surface area contributed by atoms with Gasteiger partial charge in [0.2, 0.25) is 0 Å². The average Bonchev–Trinajstić information content (AvgIpc) is 2.55. The standard InChI is InChI=1S/C19H25F5O3/c1-12(2)15-6-5-14(9-16(15)19(22,23)24)27-11-18(20,21)7-8-26-10-17(25)13(3)4/h5-6,9,12-13H,7-8,10-11H2,1-4H3. The van der Waals surface area contributed by atoms with Crippen molar-refractivity contribution in [3.05, 3.63) is 29.3 Å². The van der Waals surface area contributed by atoms with Crippen LogP contribution in [-0.2, 0) is 15.7 Å². The van der Waals surface area contributed by atoms with Crippen LogP contribution in [0.3, 0.4) is 0 Å². The molecule has 0 fully saturated rings. The lowest BCUT2D eigenvalue weighted by molar-refractivity contribution is -0.138. The fourth-order valence-electron chi connectivity index (χ4n) is 2.20. The van der Waals surface area contributed by atoms with Gasteiger partial charge in [0.25, 0.3) is 5.92 Å². The van der Waals surface area contributed by atoms with Crippen LogP contribution < -0.4 is 4.74 Å². The summed E-state index contributed by atoms with van der Waals surface area (Å²) in [6.07, 6.45) is -5.30. The number of hydrogen-bond donors (Lipinski definition) is 0. The number of carbonyl (C=O) groups excluding carboxylic acids is 1. The zero-order valence-electron chi connectivity index (χ0n) is 15.8. The Kier molecular flexibility index (Phi) is 8.20. The molecule has 0 spiro atoms. The first-order valence-electron chi connectivity index (χ1n) is 8.65. The highest BCUT2D eigenvalue weighted by atomic mass is 19.4. The van der Waals surface area contributed by atoms with Crippen LogP contribution in [0.2, 0.25) is 0 Å². The third-order valence-corrected chi connectivity index (χ3v) is 3.90. The molecule has 1 aromatic rings. The number of ether oxygens (including phenoxy) is 2. The molecule has 8 heteroatoms. The van der Waals surface area contributed by atoms with Crippen LogP contribution in [0.25, 0.3) is 0 Å². The van der Waals surface area contributed by atoms with Crippen LogP contribution in [0.1, 0.15) is 51.2 Å². The van der Waals surface area contributed by atoms with Gasteiger partial charge in [-0.1, -0.05) is 33.8 Å². The summed E-state index contributed by atoms with van der Waals surface area (Å²) < 4.78 is 76.9. The fraction of sp³-hybridized carbons (Fsp3) is 0.632. The maximum Gasteiger partial charge on any atom is 0.416 e. The molecule has 0 atom stereocenters. The van der Waals surface area contributed by atoms with Gasteiger partial charge in [0.15, 0.2) is 12.4 Å². The molecule has 0 saturated heterocycles. The second-order valence-corrected chi connectivity index (χ2v) is 6.97. The minimum Gasteiger partial charge on any atom is -0.487 e. The Morgan fingerprint density at radius 3 is 2.22 bits per heavy atom. The van der Waals surface area contributed by atoms with E-state index in [9.17, 15) is 26.7 Å². The zero-order valence-corrected chi connectivity index (χ0v) is 15.8. The maximum absolute atomic E-state index is 13.8. The van der Waals surface area contributed by atoms with Crippen molar-refractivity contribution >= 4 is 5.78 Å². The Balaban J connectivity index is 2.64. The largest absolute Gasteiger partial charge is 0.487 e. The van der Waals surface area contributed by atoms with E-state index in [4.69, 9.17) is 9.47 Å². The van der Waals surface area contributed by atoms with E-state index in [2.05, 4.69) is 0 Å². The number of ketones is 1. The van der Waals surface area contributed by atoms with E-state index in [1.165, 1.54) is 12.1 Å². The van der Waals surface area contributed by atoms with Gasteiger partial charge in [-0.2, -0.15) is 13.2 Å². The highest BCUT2D eigenvalue weighted by Gasteiger charge is 2.35. The maximum atomic E-state index is 13.8. The second-order valence-electron chi connectivity index (χ2n) is 6.97. The molecule has 3 nitrogen and oxygen atoms in total. The molecule has 0 saturated carbocycles. The van der Waals surface area contributed by atoms with Crippen molar-refractivity contribution in [3.8, 4) is 5.75 Å². The number of rotatable bonds is 10. The van der Waals surface area contributed by atoms with Crippen molar-refractivity contribution in [2.45, 2.75) is 52.1 Å². The molecule has 0 unspecified atom stereocenters. The molecule has 0 aliphatic rings. The summed E-state index contributed by atoms with van der Waals surface area (Å²) in [5.74, 6) is -4.38. The average molecular weight is 396 g/mol. The molecular weight excluding hydrogens is 371 g/mol. The molecule has 154 valence electrons. The highest BCUT2D eigenvalue weighted by molar-refractivity contribution is 5.81. The van der Waals surface area contributed by atoms with Gasteiger partial charge in [-0.15, -0.1) is 0 Å². The van der Waals surface area contributed by atoms with Crippen LogP contribution in [0.5, 0.6) is 5.75 Å². The first kappa shape index (κ1) is 23.3. The van der Waals surface area contributed by atoms with E-state index in [0.717, 1.165) is 6.07 Å². The van der Waals surface area contributed by atoms with Crippen molar-refractivity contribution in [1.29, 1.82) is 0 Å². The van der Waals surface area contributed by atoms with Crippen molar-refractivity contribution in [3.63, 3.8) is 0 Å². The Morgan fingerprint density at radius 1 is 1.07 bits per heavy atom. The Morgan fingerprint density at radius 2 is 1.70 bits per heavy atom. The molecule has 0 aliphatic carbocycles. The van der Waals surface area contributed by atoms with Crippen molar-refractivity contribution in [1.82, 2.24) is 0 Å². The molecule has 1 aromatic carbocycles. The Hall–Kier alpha value is -1.70. The normalized spacial score (nSPS) is 12.7. The van der Waals surface area contributed by atoms with E-state index in [1.54, 1.807) is 27.7 Å². The third kappa shape index (κ3) is 7.82. The van der Waals surface area contributed by atoms with Gasteiger partial charge in [-0.25, -0.2) is 8.78 Å². The summed E-state index contributed by atoms with van der Waals surface area (Å²) in [7, 11) is 0. The summed E-state index contributed by atoms with van der Waals surface area (Å²) in [6, 6.07) is 3.23. The van der Waals surface area contributed by atoms with Gasteiger partial charge in [0, 0.05) is 12.3 Å². The molecule has 0 N–H and O–H groups in total. The lowest BCUT2D eigenvalue weighted by Crippen LogP contribution is -2.28. The Labute approximate surface area is 155 Å². The summed E-state index contributed by atoms with van der Waals surface area (Å²) >= 11 is 0. The van der Waals surface area contributed by atoms with E-state index >= 15 is 0 Å². The summed E-state index contributed by atoms with van der Waals surface area (Å²) in [6.45, 7) is 4.90. The van der Waals surface area contributed by atoms with Crippen LogP contribution >= 0.6 is 0 Å². The van der Waals surface area contributed by atoms with Gasteiger partial charge in [0.1, 0.15) is 12.4 Å². The van der Waals surface area contributed by atoms with Gasteiger partial charge in [0.05, 0.1) is 12.2 Å². The van der Waals surface area contributed by atoms with Gasteiger partial charge < -0.3 is 9.47 Å². The molecule has 0 heterocycles.